The fourth-order valence-electron chi connectivity index (χ4n) is 1.99. The van der Waals surface area contributed by atoms with Crippen molar-refractivity contribution in [2.24, 2.45) is 5.84 Å². The molecule has 0 fully saturated rings. The van der Waals surface area contributed by atoms with Crippen LogP contribution < -0.4 is 16.0 Å². The second kappa shape index (κ2) is 6.69. The Bertz CT molecular complexity index is 638. The van der Waals surface area contributed by atoms with Gasteiger partial charge in [0.25, 0.3) is 5.91 Å². The monoisotopic (exact) mass is 305 g/mol. The van der Waals surface area contributed by atoms with Crippen LogP contribution in [0.3, 0.4) is 0 Å². The number of para-hydroxylation sites is 1. The number of rotatable bonds is 5. The molecule has 1 aromatic carbocycles. The topological polar surface area (TPSA) is 77.2 Å². The Balaban J connectivity index is 2.53. The van der Waals surface area contributed by atoms with E-state index >= 15 is 0 Å². The summed E-state index contributed by atoms with van der Waals surface area (Å²) >= 11 is 1.33. The number of hydrogen-bond acceptors (Lipinski definition) is 5. The molecular formula is C15H19N3O2S. The summed E-state index contributed by atoms with van der Waals surface area (Å²) in [4.78, 5) is 17.1. The van der Waals surface area contributed by atoms with Crippen molar-refractivity contribution >= 4 is 17.2 Å². The second-order valence-corrected chi connectivity index (χ2v) is 5.79. The molecule has 0 aliphatic heterocycles. The number of amides is 1. The number of nitrogens with zero attached hydrogens (tertiary/aromatic N) is 1. The lowest BCUT2D eigenvalue weighted by Gasteiger charge is -2.07. The lowest BCUT2D eigenvalue weighted by Crippen LogP contribution is -2.30. The first-order chi connectivity index (χ1) is 10.1. The Hall–Kier alpha value is -1.92. The van der Waals surface area contributed by atoms with Crippen LogP contribution in [0.25, 0.3) is 10.6 Å². The van der Waals surface area contributed by atoms with E-state index in [0.29, 0.717) is 11.5 Å². The molecule has 0 bridgehead atoms. The summed E-state index contributed by atoms with van der Waals surface area (Å²) in [5, 5.41) is 0.765. The molecule has 0 saturated carbocycles. The molecule has 0 aliphatic rings. The van der Waals surface area contributed by atoms with Crippen LogP contribution in [0.5, 0.6) is 5.75 Å². The first-order valence-corrected chi connectivity index (χ1v) is 7.64. The molecule has 2 rings (SSSR count). The Morgan fingerprint density at radius 3 is 2.76 bits per heavy atom. The number of nitrogens with one attached hydrogen (secondary N) is 1. The normalized spacial score (nSPS) is 10.7. The molecule has 6 heteroatoms. The predicted molar refractivity (Wildman–Crippen MR) is 84.5 cm³/mol. The van der Waals surface area contributed by atoms with Gasteiger partial charge in [-0.2, -0.15) is 0 Å². The highest BCUT2D eigenvalue weighted by atomic mass is 32.1. The van der Waals surface area contributed by atoms with Gasteiger partial charge in [-0.15, -0.1) is 11.3 Å². The Morgan fingerprint density at radius 2 is 2.14 bits per heavy atom. The number of ether oxygens (including phenoxy) is 1. The number of hydrogen-bond donors (Lipinski definition) is 2. The van der Waals surface area contributed by atoms with Crippen molar-refractivity contribution in [3.63, 3.8) is 0 Å². The molecule has 1 amide bonds. The van der Waals surface area contributed by atoms with E-state index in [9.17, 15) is 4.79 Å². The average molecular weight is 305 g/mol. The molecule has 0 atom stereocenters. The molecule has 0 aliphatic carbocycles. The molecule has 1 heterocycles. The number of nitrogen functional groups attached to an aromatic ring is 1. The minimum absolute atomic E-state index is 0.140. The summed E-state index contributed by atoms with van der Waals surface area (Å²) in [5.41, 5.74) is 3.83. The standard InChI is InChI=1S/C15H19N3O2S/c1-4-20-11-8-6-5-7-10(11)15-17-12(9(2)3)13(21-15)14(19)18-16/h5-9H,4,16H2,1-3H3,(H,18,19). The Kier molecular flexibility index (Phi) is 4.93. The smallest absolute Gasteiger partial charge is 0.277 e. The molecule has 0 saturated heterocycles. The average Bonchev–Trinajstić information content (AvgIpc) is 2.92. The number of aromatic nitrogens is 1. The molecule has 5 nitrogen and oxygen atoms in total. The van der Waals surface area contributed by atoms with Gasteiger partial charge in [-0.3, -0.25) is 10.2 Å². The maximum Gasteiger partial charge on any atom is 0.277 e. The summed E-state index contributed by atoms with van der Waals surface area (Å²) in [7, 11) is 0. The number of benzene rings is 1. The van der Waals surface area contributed by atoms with Crippen LogP contribution in [-0.4, -0.2) is 17.5 Å². The van der Waals surface area contributed by atoms with Crippen molar-refractivity contribution in [1.82, 2.24) is 10.4 Å². The van der Waals surface area contributed by atoms with E-state index in [1.807, 2.05) is 45.0 Å². The van der Waals surface area contributed by atoms with Crippen molar-refractivity contribution in [3.05, 3.63) is 34.8 Å². The summed E-state index contributed by atoms with van der Waals surface area (Å²) in [6.45, 7) is 6.52. The number of nitrogens with two attached hydrogens (primary N) is 1. The zero-order valence-corrected chi connectivity index (χ0v) is 13.2. The molecular weight excluding hydrogens is 286 g/mol. The molecule has 2 aromatic rings. The summed E-state index contributed by atoms with van der Waals surface area (Å²) < 4.78 is 5.63. The molecule has 3 N–H and O–H groups in total. The first-order valence-electron chi connectivity index (χ1n) is 6.82. The van der Waals surface area contributed by atoms with Gasteiger partial charge < -0.3 is 4.74 Å². The molecule has 21 heavy (non-hydrogen) atoms. The van der Waals surface area contributed by atoms with E-state index in [4.69, 9.17) is 10.6 Å². The van der Waals surface area contributed by atoms with Gasteiger partial charge in [0.15, 0.2) is 0 Å². The van der Waals surface area contributed by atoms with Crippen molar-refractivity contribution in [1.29, 1.82) is 0 Å². The van der Waals surface area contributed by atoms with Gasteiger partial charge >= 0.3 is 0 Å². The van der Waals surface area contributed by atoms with Gasteiger partial charge in [0, 0.05) is 0 Å². The second-order valence-electron chi connectivity index (χ2n) is 4.79. The zero-order chi connectivity index (χ0) is 15.4. The first kappa shape index (κ1) is 15.5. The molecule has 0 spiro atoms. The van der Waals surface area contributed by atoms with Crippen LogP contribution in [0.15, 0.2) is 24.3 Å². The van der Waals surface area contributed by atoms with Crippen molar-refractivity contribution in [2.75, 3.05) is 6.61 Å². The summed E-state index contributed by atoms with van der Waals surface area (Å²) in [6, 6.07) is 7.69. The number of carbonyl (C=O) groups excluding carboxylic acids is 1. The fourth-order valence-corrected chi connectivity index (χ4v) is 3.14. The summed E-state index contributed by atoms with van der Waals surface area (Å²) in [6.07, 6.45) is 0. The van der Waals surface area contributed by atoms with Gasteiger partial charge in [0.05, 0.1) is 17.9 Å². The van der Waals surface area contributed by atoms with Crippen LogP contribution in [-0.2, 0) is 0 Å². The Morgan fingerprint density at radius 1 is 1.43 bits per heavy atom. The lowest BCUT2D eigenvalue weighted by molar-refractivity contribution is 0.0956. The van der Waals surface area contributed by atoms with E-state index in [1.54, 1.807) is 0 Å². The van der Waals surface area contributed by atoms with E-state index in [-0.39, 0.29) is 11.8 Å². The highest BCUT2D eigenvalue weighted by Gasteiger charge is 2.21. The van der Waals surface area contributed by atoms with Crippen LogP contribution in [0, 0.1) is 0 Å². The lowest BCUT2D eigenvalue weighted by atomic mass is 10.1. The fraction of sp³-hybridized carbons (Fsp3) is 0.333. The van der Waals surface area contributed by atoms with E-state index in [0.717, 1.165) is 22.0 Å². The van der Waals surface area contributed by atoms with E-state index < -0.39 is 0 Å². The quantitative estimate of drug-likeness (QED) is 0.506. The molecule has 112 valence electrons. The van der Waals surface area contributed by atoms with Crippen LogP contribution in [0.4, 0.5) is 0 Å². The Labute approximate surface area is 128 Å². The van der Waals surface area contributed by atoms with Gasteiger partial charge in [-0.1, -0.05) is 26.0 Å². The largest absolute Gasteiger partial charge is 0.493 e. The third-order valence-corrected chi connectivity index (χ3v) is 4.06. The van der Waals surface area contributed by atoms with Crippen LogP contribution >= 0.6 is 11.3 Å². The summed E-state index contributed by atoms with van der Waals surface area (Å²) in [5.74, 6) is 5.85. The van der Waals surface area contributed by atoms with Crippen molar-refractivity contribution < 1.29 is 9.53 Å². The highest BCUT2D eigenvalue weighted by Crippen LogP contribution is 2.36. The van der Waals surface area contributed by atoms with Crippen molar-refractivity contribution in [3.8, 4) is 16.3 Å². The maximum absolute atomic E-state index is 11.9. The van der Waals surface area contributed by atoms with Gasteiger partial charge in [-0.05, 0) is 25.0 Å². The number of thiazole rings is 1. The van der Waals surface area contributed by atoms with Crippen LogP contribution in [0.1, 0.15) is 42.1 Å². The van der Waals surface area contributed by atoms with E-state index in [2.05, 4.69) is 10.4 Å². The minimum Gasteiger partial charge on any atom is -0.493 e. The minimum atomic E-state index is -0.309. The third-order valence-electron chi connectivity index (χ3n) is 2.95. The third kappa shape index (κ3) is 3.22. The molecule has 1 aromatic heterocycles. The molecule has 0 unspecified atom stereocenters. The van der Waals surface area contributed by atoms with Gasteiger partial charge in [-0.25, -0.2) is 10.8 Å². The number of hydrazine groups is 1. The maximum atomic E-state index is 11.9. The zero-order valence-electron chi connectivity index (χ0n) is 12.3. The highest BCUT2D eigenvalue weighted by molar-refractivity contribution is 7.17. The van der Waals surface area contributed by atoms with Gasteiger partial charge in [0.1, 0.15) is 15.6 Å². The predicted octanol–water partition coefficient (Wildman–Crippen LogP) is 2.94. The van der Waals surface area contributed by atoms with E-state index in [1.165, 1.54) is 11.3 Å². The van der Waals surface area contributed by atoms with Gasteiger partial charge in [0.2, 0.25) is 0 Å². The number of carbonyl (C=O) groups is 1. The van der Waals surface area contributed by atoms with Crippen molar-refractivity contribution in [2.45, 2.75) is 26.7 Å². The molecule has 0 radical (unpaired) electrons. The van der Waals surface area contributed by atoms with Crippen LogP contribution in [0.2, 0.25) is 0 Å². The SMILES string of the molecule is CCOc1ccccc1-c1nc(C(C)C)c(C(=O)NN)s1.